The molecule has 2 amide bonds. The van der Waals surface area contributed by atoms with Crippen molar-refractivity contribution in [3.8, 4) is 0 Å². The minimum absolute atomic E-state index is 0.0878. The molecule has 0 bridgehead atoms. The fourth-order valence-corrected chi connectivity index (χ4v) is 2.69. The highest BCUT2D eigenvalue weighted by atomic mass is 16.6. The van der Waals surface area contributed by atoms with Gasteiger partial charge in [-0.1, -0.05) is 12.1 Å². The number of anilines is 1. The summed E-state index contributed by atoms with van der Waals surface area (Å²) in [5, 5.41) is 17.3. The van der Waals surface area contributed by atoms with Crippen LogP contribution in [0.5, 0.6) is 0 Å². The van der Waals surface area contributed by atoms with Crippen LogP contribution in [0.4, 0.5) is 11.4 Å². The lowest BCUT2D eigenvalue weighted by Crippen LogP contribution is -2.25. The van der Waals surface area contributed by atoms with Gasteiger partial charge in [0, 0.05) is 43.9 Å². The Hall–Kier alpha value is -3.42. The van der Waals surface area contributed by atoms with E-state index in [1.807, 2.05) is 0 Å². The summed E-state index contributed by atoms with van der Waals surface area (Å²) in [6, 6.07) is 11.6. The first-order chi connectivity index (χ1) is 13.3. The minimum Gasteiger partial charge on any atom is -0.375 e. The van der Waals surface area contributed by atoms with Crippen molar-refractivity contribution in [2.75, 3.05) is 19.4 Å². The molecule has 8 heteroatoms. The number of hydrogen-bond acceptors (Lipinski definition) is 5. The number of nitrogens with one attached hydrogen (secondary N) is 2. The second kappa shape index (κ2) is 8.08. The van der Waals surface area contributed by atoms with Crippen molar-refractivity contribution in [2.45, 2.75) is 25.4 Å². The van der Waals surface area contributed by atoms with Crippen LogP contribution in [0.15, 0.2) is 42.5 Å². The number of carbonyl (C=O) groups is 2. The third kappa shape index (κ3) is 4.64. The lowest BCUT2D eigenvalue weighted by atomic mass is 10.1. The highest BCUT2D eigenvalue weighted by molar-refractivity contribution is 5.96. The van der Waals surface area contributed by atoms with Gasteiger partial charge in [0.25, 0.3) is 17.5 Å². The highest BCUT2D eigenvalue weighted by Crippen LogP contribution is 2.27. The van der Waals surface area contributed by atoms with Crippen molar-refractivity contribution in [1.82, 2.24) is 10.2 Å². The van der Waals surface area contributed by atoms with Crippen molar-refractivity contribution in [2.24, 2.45) is 0 Å². The Labute approximate surface area is 162 Å². The summed E-state index contributed by atoms with van der Waals surface area (Å²) in [5.41, 5.74) is 1.91. The zero-order valence-electron chi connectivity index (χ0n) is 15.8. The van der Waals surface area contributed by atoms with Crippen molar-refractivity contribution < 1.29 is 14.5 Å². The number of amides is 2. The Morgan fingerprint density at radius 1 is 1.11 bits per heavy atom. The lowest BCUT2D eigenvalue weighted by molar-refractivity contribution is -0.384. The molecule has 0 atom stereocenters. The van der Waals surface area contributed by atoms with Gasteiger partial charge >= 0.3 is 0 Å². The van der Waals surface area contributed by atoms with Gasteiger partial charge in [0.15, 0.2) is 0 Å². The van der Waals surface area contributed by atoms with E-state index in [0.717, 1.165) is 18.4 Å². The van der Waals surface area contributed by atoms with Gasteiger partial charge in [-0.15, -0.1) is 0 Å². The van der Waals surface area contributed by atoms with Crippen LogP contribution < -0.4 is 10.6 Å². The summed E-state index contributed by atoms with van der Waals surface area (Å²) >= 11 is 0. The largest absolute Gasteiger partial charge is 0.375 e. The third-order valence-electron chi connectivity index (χ3n) is 4.46. The van der Waals surface area contributed by atoms with Gasteiger partial charge in [0.1, 0.15) is 5.69 Å². The van der Waals surface area contributed by atoms with Crippen LogP contribution in [-0.4, -0.2) is 41.8 Å². The first-order valence-corrected chi connectivity index (χ1v) is 8.99. The molecule has 1 fully saturated rings. The normalized spacial score (nSPS) is 12.9. The third-order valence-corrected chi connectivity index (χ3v) is 4.46. The van der Waals surface area contributed by atoms with Gasteiger partial charge in [0.2, 0.25) is 0 Å². The lowest BCUT2D eigenvalue weighted by Gasteiger charge is -2.11. The standard InChI is InChI=1S/C20H22N4O4/c1-23(2)20(26)14-5-3-13(4-6-14)12-21-17-10-7-15(11-18(17)24(27)28)19(25)22-16-8-9-16/h3-7,10-11,16,21H,8-9,12H2,1-2H3,(H,22,25). The molecule has 2 aromatic carbocycles. The topological polar surface area (TPSA) is 105 Å². The molecule has 0 unspecified atom stereocenters. The van der Waals surface area contributed by atoms with E-state index >= 15 is 0 Å². The Morgan fingerprint density at radius 2 is 1.75 bits per heavy atom. The maximum Gasteiger partial charge on any atom is 0.293 e. The Morgan fingerprint density at radius 3 is 2.32 bits per heavy atom. The highest BCUT2D eigenvalue weighted by Gasteiger charge is 2.25. The van der Waals surface area contributed by atoms with Crippen molar-refractivity contribution >= 4 is 23.2 Å². The molecule has 0 saturated heterocycles. The van der Waals surface area contributed by atoms with Crippen LogP contribution in [0.25, 0.3) is 0 Å². The van der Waals surface area contributed by atoms with E-state index in [2.05, 4.69) is 10.6 Å². The molecular formula is C20H22N4O4. The summed E-state index contributed by atoms with van der Waals surface area (Å²) in [6.45, 7) is 0.352. The van der Waals surface area contributed by atoms with Crippen LogP contribution in [0, 0.1) is 10.1 Å². The second-order valence-corrected chi connectivity index (χ2v) is 6.99. The van der Waals surface area contributed by atoms with Gasteiger partial charge in [-0.2, -0.15) is 0 Å². The van der Waals surface area contributed by atoms with Crippen LogP contribution >= 0.6 is 0 Å². The summed E-state index contributed by atoms with van der Waals surface area (Å²) in [4.78, 5) is 36.4. The summed E-state index contributed by atoms with van der Waals surface area (Å²) < 4.78 is 0. The number of carbonyl (C=O) groups excluding carboxylic acids is 2. The zero-order valence-corrected chi connectivity index (χ0v) is 15.8. The molecule has 2 N–H and O–H groups in total. The summed E-state index contributed by atoms with van der Waals surface area (Å²) in [6.07, 6.45) is 1.90. The maximum atomic E-state index is 12.1. The van der Waals surface area contributed by atoms with Gasteiger partial charge in [-0.3, -0.25) is 19.7 Å². The molecule has 3 rings (SSSR count). The predicted molar refractivity (Wildman–Crippen MR) is 105 cm³/mol. The van der Waals surface area contributed by atoms with Crippen LogP contribution in [0.3, 0.4) is 0 Å². The summed E-state index contributed by atoms with van der Waals surface area (Å²) in [5.74, 6) is -0.381. The molecular weight excluding hydrogens is 360 g/mol. The quantitative estimate of drug-likeness (QED) is 0.566. The van der Waals surface area contributed by atoms with E-state index in [9.17, 15) is 19.7 Å². The number of rotatable bonds is 7. The van der Waals surface area contributed by atoms with Crippen molar-refractivity contribution in [3.63, 3.8) is 0 Å². The van der Waals surface area contributed by atoms with Crippen molar-refractivity contribution in [1.29, 1.82) is 0 Å². The number of benzene rings is 2. The molecule has 0 heterocycles. The van der Waals surface area contributed by atoms with Crippen LogP contribution in [0.1, 0.15) is 39.1 Å². The monoisotopic (exact) mass is 382 g/mol. The van der Waals surface area contributed by atoms with E-state index in [4.69, 9.17) is 0 Å². The predicted octanol–water partition coefficient (Wildman–Crippen LogP) is 2.80. The van der Waals surface area contributed by atoms with E-state index in [1.54, 1.807) is 50.5 Å². The maximum absolute atomic E-state index is 12.1. The second-order valence-electron chi connectivity index (χ2n) is 6.99. The number of nitrogens with zero attached hydrogens (tertiary/aromatic N) is 2. The van der Waals surface area contributed by atoms with Crippen molar-refractivity contribution in [3.05, 3.63) is 69.3 Å². The molecule has 0 radical (unpaired) electrons. The van der Waals surface area contributed by atoms with E-state index in [-0.39, 0.29) is 29.1 Å². The van der Waals surface area contributed by atoms with Gasteiger partial charge < -0.3 is 15.5 Å². The first-order valence-electron chi connectivity index (χ1n) is 8.99. The van der Waals surface area contributed by atoms with Gasteiger partial charge in [-0.05, 0) is 42.7 Å². The molecule has 1 aliphatic carbocycles. The molecule has 1 aliphatic rings. The fraction of sp³-hybridized carbons (Fsp3) is 0.300. The molecule has 2 aromatic rings. The van der Waals surface area contributed by atoms with E-state index < -0.39 is 4.92 Å². The van der Waals surface area contributed by atoms with Crippen LogP contribution in [0.2, 0.25) is 0 Å². The van der Waals surface area contributed by atoms with E-state index in [1.165, 1.54) is 11.0 Å². The van der Waals surface area contributed by atoms with Crippen LogP contribution in [-0.2, 0) is 6.54 Å². The number of nitro groups is 1. The average molecular weight is 382 g/mol. The van der Waals surface area contributed by atoms with Gasteiger partial charge in [-0.25, -0.2) is 0 Å². The van der Waals surface area contributed by atoms with Gasteiger partial charge in [0.05, 0.1) is 4.92 Å². The Balaban J connectivity index is 1.70. The Kier molecular flexibility index (Phi) is 5.58. The molecule has 0 aliphatic heterocycles. The average Bonchev–Trinajstić information content (AvgIpc) is 3.49. The Bertz CT molecular complexity index is 905. The molecule has 1 saturated carbocycles. The molecule has 146 valence electrons. The molecule has 0 aromatic heterocycles. The van der Waals surface area contributed by atoms with E-state index in [0.29, 0.717) is 17.8 Å². The molecule has 28 heavy (non-hydrogen) atoms. The molecule has 8 nitrogen and oxygen atoms in total. The number of nitro benzene ring substituents is 1. The summed E-state index contributed by atoms with van der Waals surface area (Å²) in [7, 11) is 3.37. The minimum atomic E-state index is -0.505. The smallest absolute Gasteiger partial charge is 0.293 e. The zero-order chi connectivity index (χ0) is 20.3. The number of hydrogen-bond donors (Lipinski definition) is 2. The fourth-order valence-electron chi connectivity index (χ4n) is 2.69. The SMILES string of the molecule is CN(C)C(=O)c1ccc(CNc2ccc(C(=O)NC3CC3)cc2[N+](=O)[O-])cc1. The molecule has 0 spiro atoms. The first kappa shape index (κ1) is 19.3.